The van der Waals surface area contributed by atoms with Crippen LogP contribution in [-0.2, 0) is 14.3 Å². The lowest BCUT2D eigenvalue weighted by molar-refractivity contribution is -0.136. The zero-order valence-electron chi connectivity index (χ0n) is 11.2. The number of hydrogen-bond acceptors (Lipinski definition) is 4. The van der Waals surface area contributed by atoms with Crippen LogP contribution in [0.5, 0.6) is 0 Å². The summed E-state index contributed by atoms with van der Waals surface area (Å²) in [6.45, 7) is 0.552. The maximum atomic E-state index is 13.5. The van der Waals surface area contributed by atoms with E-state index in [1.165, 1.54) is 6.07 Å². The number of benzene rings is 1. The number of carbonyl (C=O) groups is 2. The van der Waals surface area contributed by atoms with Gasteiger partial charge in [-0.3, -0.25) is 4.79 Å². The first-order valence-corrected chi connectivity index (χ1v) is 7.49. The minimum atomic E-state index is -0.541. The first-order chi connectivity index (χ1) is 10.6. The predicted octanol–water partition coefficient (Wildman–Crippen LogP) is 1.47. The number of ether oxygens (including phenoxy) is 1. The molecule has 0 saturated heterocycles. The molecule has 3 aliphatic rings. The summed E-state index contributed by atoms with van der Waals surface area (Å²) >= 11 is 3.15. The Hall–Kier alpha value is -2.15. The van der Waals surface area contributed by atoms with E-state index in [2.05, 4.69) is 26.6 Å². The van der Waals surface area contributed by atoms with Crippen molar-refractivity contribution in [3.8, 4) is 0 Å². The van der Waals surface area contributed by atoms with Crippen LogP contribution in [0.3, 0.4) is 0 Å². The summed E-state index contributed by atoms with van der Waals surface area (Å²) in [4.78, 5) is 24.2. The number of dihydropyridines is 1. The maximum Gasteiger partial charge on any atom is 0.337 e. The highest BCUT2D eigenvalue weighted by molar-refractivity contribution is 9.10. The van der Waals surface area contributed by atoms with Gasteiger partial charge in [0.2, 0.25) is 5.91 Å². The number of amides is 1. The van der Waals surface area contributed by atoms with Gasteiger partial charge in [-0.25, -0.2) is 9.18 Å². The highest BCUT2D eigenvalue weighted by Crippen LogP contribution is 2.42. The number of carbonyl (C=O) groups excluding carboxylic acids is 2. The third-order valence-corrected chi connectivity index (χ3v) is 4.65. The van der Waals surface area contributed by atoms with Gasteiger partial charge in [-0.1, -0.05) is 6.07 Å². The normalized spacial score (nSPS) is 23.1. The van der Waals surface area contributed by atoms with Crippen LogP contribution in [0, 0.1) is 5.82 Å². The number of cyclic esters (lactones) is 1. The molecule has 3 heterocycles. The number of nitrogens with one attached hydrogen (secondary N) is 2. The fraction of sp³-hybridized carbons (Fsp3) is 0.200. The summed E-state index contributed by atoms with van der Waals surface area (Å²) in [5.41, 5.74) is 3.01. The Morgan fingerprint density at radius 3 is 2.82 bits per heavy atom. The Morgan fingerprint density at radius 2 is 2.05 bits per heavy atom. The van der Waals surface area contributed by atoms with E-state index < -0.39 is 17.7 Å². The van der Waals surface area contributed by atoms with Crippen molar-refractivity contribution < 1.29 is 18.7 Å². The molecule has 2 N–H and O–H groups in total. The van der Waals surface area contributed by atoms with Crippen molar-refractivity contribution in [3.63, 3.8) is 0 Å². The number of hydrogen-bond donors (Lipinski definition) is 2. The third kappa shape index (κ3) is 1.81. The molecule has 1 amide bonds. The summed E-state index contributed by atoms with van der Waals surface area (Å²) in [6, 6.07) is 4.50. The molecule has 3 aliphatic heterocycles. The second kappa shape index (κ2) is 4.67. The lowest BCUT2D eigenvalue weighted by Crippen LogP contribution is -2.27. The quantitative estimate of drug-likeness (QED) is 0.740. The number of esters is 1. The van der Waals surface area contributed by atoms with Gasteiger partial charge in [-0.05, 0) is 33.6 Å². The summed E-state index contributed by atoms with van der Waals surface area (Å²) in [5.74, 6) is -1.61. The van der Waals surface area contributed by atoms with Gasteiger partial charge in [-0.15, -0.1) is 0 Å². The molecular formula is C15H10BrFN2O3. The van der Waals surface area contributed by atoms with Gasteiger partial charge in [0.15, 0.2) is 0 Å². The van der Waals surface area contributed by atoms with Crippen LogP contribution in [-0.4, -0.2) is 25.0 Å². The van der Waals surface area contributed by atoms with Gasteiger partial charge in [0.1, 0.15) is 12.4 Å². The number of rotatable bonds is 1. The summed E-state index contributed by atoms with van der Waals surface area (Å²) in [6.07, 6.45) is 0. The molecule has 0 spiro atoms. The topological polar surface area (TPSA) is 67.4 Å². The monoisotopic (exact) mass is 364 g/mol. The Balaban J connectivity index is 1.91. The Morgan fingerprint density at radius 1 is 1.23 bits per heavy atom. The van der Waals surface area contributed by atoms with E-state index in [1.54, 1.807) is 12.1 Å². The fourth-order valence-electron chi connectivity index (χ4n) is 3.08. The van der Waals surface area contributed by atoms with E-state index in [9.17, 15) is 14.0 Å². The lowest BCUT2D eigenvalue weighted by atomic mass is 9.81. The van der Waals surface area contributed by atoms with Gasteiger partial charge in [0.05, 0.1) is 33.8 Å². The molecule has 0 bridgehead atoms. The van der Waals surface area contributed by atoms with Gasteiger partial charge in [0.25, 0.3) is 0 Å². The van der Waals surface area contributed by atoms with Crippen LogP contribution in [0.2, 0.25) is 0 Å². The van der Waals surface area contributed by atoms with Crippen molar-refractivity contribution in [2.24, 2.45) is 0 Å². The van der Waals surface area contributed by atoms with Crippen LogP contribution in [0.4, 0.5) is 4.39 Å². The molecule has 1 aromatic carbocycles. The van der Waals surface area contributed by atoms with E-state index in [-0.39, 0.29) is 17.0 Å². The average molecular weight is 365 g/mol. The SMILES string of the molecule is O=C1NCC2=C1C(c1ccc(F)c(Br)c1)C1=C(COC1=O)N2. The second-order valence-electron chi connectivity index (χ2n) is 5.27. The molecule has 22 heavy (non-hydrogen) atoms. The van der Waals surface area contributed by atoms with Crippen molar-refractivity contribution in [2.75, 3.05) is 13.2 Å². The van der Waals surface area contributed by atoms with Crippen LogP contribution in [0.25, 0.3) is 0 Å². The Labute approximate surface area is 133 Å². The van der Waals surface area contributed by atoms with E-state index in [1.807, 2.05) is 0 Å². The fourth-order valence-corrected chi connectivity index (χ4v) is 3.47. The van der Waals surface area contributed by atoms with Gasteiger partial charge in [-0.2, -0.15) is 0 Å². The van der Waals surface area contributed by atoms with Crippen molar-refractivity contribution in [3.05, 3.63) is 56.6 Å². The van der Waals surface area contributed by atoms with E-state index in [0.29, 0.717) is 29.0 Å². The smallest absolute Gasteiger partial charge is 0.337 e. The molecule has 0 radical (unpaired) electrons. The number of halogens is 2. The van der Waals surface area contributed by atoms with Crippen molar-refractivity contribution >= 4 is 27.8 Å². The molecule has 0 fully saturated rings. The minimum absolute atomic E-state index is 0.165. The summed E-state index contributed by atoms with van der Waals surface area (Å²) in [7, 11) is 0. The zero-order chi connectivity index (χ0) is 15.4. The van der Waals surface area contributed by atoms with Crippen molar-refractivity contribution in [1.29, 1.82) is 0 Å². The second-order valence-corrected chi connectivity index (χ2v) is 6.13. The first kappa shape index (κ1) is 13.5. The molecule has 0 aromatic heterocycles. The molecule has 4 rings (SSSR count). The van der Waals surface area contributed by atoms with Gasteiger partial charge >= 0.3 is 5.97 Å². The largest absolute Gasteiger partial charge is 0.456 e. The first-order valence-electron chi connectivity index (χ1n) is 6.69. The third-order valence-electron chi connectivity index (χ3n) is 4.04. The molecular weight excluding hydrogens is 355 g/mol. The van der Waals surface area contributed by atoms with Gasteiger partial charge < -0.3 is 15.4 Å². The molecule has 5 nitrogen and oxygen atoms in total. The molecule has 7 heteroatoms. The predicted molar refractivity (Wildman–Crippen MR) is 78.0 cm³/mol. The van der Waals surface area contributed by atoms with E-state index in [0.717, 1.165) is 5.70 Å². The lowest BCUT2D eigenvalue weighted by Gasteiger charge is -2.25. The van der Waals surface area contributed by atoms with E-state index >= 15 is 0 Å². The maximum absolute atomic E-state index is 13.5. The van der Waals surface area contributed by atoms with Crippen molar-refractivity contribution in [1.82, 2.24) is 10.6 Å². The molecule has 0 saturated carbocycles. The molecule has 1 aromatic rings. The van der Waals surface area contributed by atoms with E-state index in [4.69, 9.17) is 4.74 Å². The van der Waals surface area contributed by atoms with Crippen LogP contribution >= 0.6 is 15.9 Å². The minimum Gasteiger partial charge on any atom is -0.456 e. The molecule has 1 atom stereocenters. The van der Waals surface area contributed by atoms with Crippen LogP contribution in [0.15, 0.2) is 45.2 Å². The highest BCUT2D eigenvalue weighted by atomic mass is 79.9. The molecule has 1 unspecified atom stereocenters. The van der Waals surface area contributed by atoms with Gasteiger partial charge in [0, 0.05) is 5.70 Å². The van der Waals surface area contributed by atoms with Crippen molar-refractivity contribution in [2.45, 2.75) is 5.92 Å². The zero-order valence-corrected chi connectivity index (χ0v) is 12.8. The summed E-state index contributed by atoms with van der Waals surface area (Å²) < 4.78 is 18.9. The van der Waals surface area contributed by atoms with Crippen LogP contribution in [0.1, 0.15) is 11.5 Å². The highest BCUT2D eigenvalue weighted by Gasteiger charge is 2.44. The molecule has 0 aliphatic carbocycles. The average Bonchev–Trinajstić information content (AvgIpc) is 3.05. The Bertz CT molecular complexity index is 760. The standard InChI is InChI=1S/C15H10BrFN2O3/c16-7-3-6(1-2-8(7)17)11-12-9(4-18-14(12)20)19-10-5-22-15(21)13(10)11/h1-3,11,19H,4-5H2,(H,18,20). The summed E-state index contributed by atoms with van der Waals surface area (Å²) in [5, 5.41) is 5.86. The molecule has 112 valence electrons. The van der Waals surface area contributed by atoms with Crippen LogP contribution < -0.4 is 10.6 Å². The Kier molecular flexibility index (Phi) is 2.87.